The topological polar surface area (TPSA) is 83.0 Å². The van der Waals surface area contributed by atoms with Crippen LogP contribution in [-0.2, 0) is 16.0 Å². The Bertz CT molecular complexity index is 1190. The third-order valence-corrected chi connectivity index (χ3v) is 6.60. The summed E-state index contributed by atoms with van der Waals surface area (Å²) in [5, 5.41) is 12.7. The van der Waals surface area contributed by atoms with E-state index in [1.54, 1.807) is 6.20 Å². The van der Waals surface area contributed by atoms with Crippen LogP contribution in [0.3, 0.4) is 0 Å². The average Bonchev–Trinajstić information content (AvgIpc) is 2.88. The Kier molecular flexibility index (Phi) is 7.56. The lowest BCUT2D eigenvalue weighted by Gasteiger charge is -2.32. The number of benzene rings is 2. The van der Waals surface area contributed by atoms with Crippen molar-refractivity contribution in [3.63, 3.8) is 0 Å². The second-order valence-electron chi connectivity index (χ2n) is 9.32. The van der Waals surface area contributed by atoms with Gasteiger partial charge < -0.3 is 24.8 Å². The van der Waals surface area contributed by atoms with Gasteiger partial charge in [0, 0.05) is 50.0 Å². The third kappa shape index (κ3) is 5.73. The van der Waals surface area contributed by atoms with Gasteiger partial charge in [-0.15, -0.1) is 0 Å². The van der Waals surface area contributed by atoms with E-state index in [1.807, 2.05) is 13.0 Å². The van der Waals surface area contributed by atoms with Gasteiger partial charge in [-0.05, 0) is 30.7 Å². The molecule has 2 atom stereocenters. The number of nitrogens with zero attached hydrogens (tertiary/aromatic N) is 4. The molecule has 1 unspecified atom stereocenters. The summed E-state index contributed by atoms with van der Waals surface area (Å²) < 4.78 is 38.7. The molecular weight excluding hydrogens is 468 g/mol. The third-order valence-electron chi connectivity index (χ3n) is 6.60. The van der Waals surface area contributed by atoms with Crippen LogP contribution in [0.2, 0.25) is 0 Å². The van der Waals surface area contributed by atoms with Crippen LogP contribution in [0.4, 0.5) is 20.3 Å². The molecule has 1 aromatic heterocycles. The number of ether oxygens (including phenoxy) is 2. The van der Waals surface area contributed by atoms with Crippen molar-refractivity contribution in [2.75, 3.05) is 62.8 Å². The molecule has 10 heteroatoms. The van der Waals surface area contributed by atoms with Gasteiger partial charge in [-0.2, -0.15) is 0 Å². The number of nitrogens with one attached hydrogen (secondary N) is 1. The number of fused-ring (bicyclic) bond motifs is 1. The fourth-order valence-electron chi connectivity index (χ4n) is 4.82. The van der Waals surface area contributed by atoms with Gasteiger partial charge in [0.15, 0.2) is 0 Å². The summed E-state index contributed by atoms with van der Waals surface area (Å²) in [6, 6.07) is 7.23. The number of halogens is 2. The van der Waals surface area contributed by atoms with Crippen LogP contribution in [0.1, 0.15) is 24.1 Å². The Hall–Kier alpha value is -2.92. The van der Waals surface area contributed by atoms with Gasteiger partial charge in [0.2, 0.25) is 0 Å². The summed E-state index contributed by atoms with van der Waals surface area (Å²) in [5.74, 6) is -0.491. The van der Waals surface area contributed by atoms with Crippen LogP contribution in [0.15, 0.2) is 36.5 Å². The van der Waals surface area contributed by atoms with Gasteiger partial charge in [-0.3, -0.25) is 9.88 Å². The summed E-state index contributed by atoms with van der Waals surface area (Å²) >= 11 is 0. The minimum atomic E-state index is -0.636. The standard InChI is InChI=1S/C26H31F2N5O3/c1-17(30-21-11-19(27)10-20(28)12-21)23-8-18(14-32-2-7-36-22(15-32)16-34)9-24-26(23)31-25(13-29-24)33-3-5-35-6-4-33/h8-13,17,22,30,34H,2-7,14-16H2,1H3/t17?,22-/m1/s1. The van der Waals surface area contributed by atoms with E-state index in [9.17, 15) is 13.9 Å². The van der Waals surface area contributed by atoms with Crippen LogP contribution in [0.5, 0.6) is 0 Å². The maximum Gasteiger partial charge on any atom is 0.148 e. The van der Waals surface area contributed by atoms with E-state index in [2.05, 4.69) is 21.2 Å². The average molecular weight is 500 g/mol. The lowest BCUT2D eigenvalue weighted by molar-refractivity contribution is -0.0550. The second kappa shape index (κ2) is 11.0. The molecule has 0 bridgehead atoms. The van der Waals surface area contributed by atoms with E-state index in [4.69, 9.17) is 19.4 Å². The highest BCUT2D eigenvalue weighted by atomic mass is 19.1. The molecule has 3 aromatic rings. The van der Waals surface area contributed by atoms with Crippen LogP contribution >= 0.6 is 0 Å². The van der Waals surface area contributed by atoms with Crippen LogP contribution in [0.25, 0.3) is 11.0 Å². The molecule has 8 nitrogen and oxygen atoms in total. The van der Waals surface area contributed by atoms with Crippen molar-refractivity contribution in [1.82, 2.24) is 14.9 Å². The lowest BCUT2D eigenvalue weighted by atomic mass is 10.0. The van der Waals surface area contributed by atoms with Gasteiger partial charge >= 0.3 is 0 Å². The molecule has 2 aliphatic rings. The van der Waals surface area contributed by atoms with Gasteiger partial charge in [0.05, 0.1) is 55.8 Å². The predicted octanol–water partition coefficient (Wildman–Crippen LogP) is 3.11. The number of rotatable bonds is 7. The summed E-state index contributed by atoms with van der Waals surface area (Å²) in [5.41, 5.74) is 3.79. The number of aromatic nitrogens is 2. The lowest BCUT2D eigenvalue weighted by Crippen LogP contribution is -2.43. The summed E-state index contributed by atoms with van der Waals surface area (Å²) in [6.45, 7) is 7.34. The highest BCUT2D eigenvalue weighted by Gasteiger charge is 2.22. The van der Waals surface area contributed by atoms with Gasteiger partial charge in [-0.1, -0.05) is 6.07 Å². The first kappa shape index (κ1) is 24.8. The maximum absolute atomic E-state index is 13.8. The number of aliphatic hydroxyl groups excluding tert-OH is 1. The van der Waals surface area contributed by atoms with E-state index < -0.39 is 11.6 Å². The summed E-state index contributed by atoms with van der Waals surface area (Å²) in [7, 11) is 0. The van der Waals surface area contributed by atoms with E-state index >= 15 is 0 Å². The van der Waals surface area contributed by atoms with E-state index in [0.29, 0.717) is 38.6 Å². The molecule has 0 saturated carbocycles. The highest BCUT2D eigenvalue weighted by molar-refractivity contribution is 5.81. The van der Waals surface area contributed by atoms with Gasteiger partial charge in [-0.25, -0.2) is 13.8 Å². The first-order valence-corrected chi connectivity index (χ1v) is 12.3. The summed E-state index contributed by atoms with van der Waals surface area (Å²) in [6.07, 6.45) is 1.59. The van der Waals surface area contributed by atoms with Crippen molar-refractivity contribution in [2.45, 2.75) is 25.6 Å². The van der Waals surface area contributed by atoms with Crippen molar-refractivity contribution in [1.29, 1.82) is 0 Å². The van der Waals surface area contributed by atoms with E-state index in [1.165, 1.54) is 12.1 Å². The Morgan fingerprint density at radius 3 is 2.61 bits per heavy atom. The summed E-state index contributed by atoms with van der Waals surface area (Å²) in [4.78, 5) is 14.1. The predicted molar refractivity (Wildman–Crippen MR) is 133 cm³/mol. The molecule has 192 valence electrons. The Balaban J connectivity index is 1.49. The molecule has 2 fully saturated rings. The minimum Gasteiger partial charge on any atom is -0.394 e. The Morgan fingerprint density at radius 1 is 1.08 bits per heavy atom. The molecule has 0 amide bonds. The van der Waals surface area contributed by atoms with Crippen molar-refractivity contribution >= 4 is 22.5 Å². The monoisotopic (exact) mass is 499 g/mol. The van der Waals surface area contributed by atoms with Crippen molar-refractivity contribution in [3.8, 4) is 0 Å². The Labute approximate surface area is 208 Å². The smallest absolute Gasteiger partial charge is 0.148 e. The number of morpholine rings is 2. The van der Waals surface area contributed by atoms with E-state index in [0.717, 1.165) is 53.7 Å². The normalized spacial score (nSPS) is 20.0. The molecule has 2 N–H and O–H groups in total. The first-order chi connectivity index (χ1) is 17.5. The molecule has 2 aliphatic heterocycles. The number of anilines is 2. The molecule has 5 rings (SSSR count). The van der Waals surface area contributed by atoms with Crippen LogP contribution < -0.4 is 10.2 Å². The van der Waals surface area contributed by atoms with Crippen molar-refractivity contribution in [3.05, 3.63) is 59.3 Å². The maximum atomic E-state index is 13.8. The minimum absolute atomic E-state index is 0.0135. The highest BCUT2D eigenvalue weighted by Crippen LogP contribution is 2.29. The molecule has 36 heavy (non-hydrogen) atoms. The molecule has 2 saturated heterocycles. The number of hydrogen-bond donors (Lipinski definition) is 2. The van der Waals surface area contributed by atoms with Gasteiger partial charge in [0.1, 0.15) is 17.5 Å². The molecule has 3 heterocycles. The van der Waals surface area contributed by atoms with Gasteiger partial charge in [0.25, 0.3) is 0 Å². The van der Waals surface area contributed by atoms with Crippen molar-refractivity contribution < 1.29 is 23.4 Å². The SMILES string of the molecule is CC(Nc1cc(F)cc(F)c1)c1cc(CN2CCO[C@@H](CO)C2)cc2ncc(N3CCOCC3)nc12. The molecule has 2 aromatic carbocycles. The number of aliphatic hydroxyl groups is 1. The fraction of sp³-hybridized carbons (Fsp3) is 0.462. The Morgan fingerprint density at radius 2 is 1.86 bits per heavy atom. The number of hydrogen-bond acceptors (Lipinski definition) is 8. The molecule has 0 spiro atoms. The van der Waals surface area contributed by atoms with Crippen LogP contribution in [0, 0.1) is 11.6 Å². The molecule has 0 aliphatic carbocycles. The van der Waals surface area contributed by atoms with Crippen molar-refractivity contribution in [2.24, 2.45) is 0 Å². The van der Waals surface area contributed by atoms with E-state index in [-0.39, 0.29) is 18.8 Å². The zero-order valence-electron chi connectivity index (χ0n) is 20.3. The first-order valence-electron chi connectivity index (χ1n) is 12.3. The second-order valence-corrected chi connectivity index (χ2v) is 9.32. The quantitative estimate of drug-likeness (QED) is 0.513. The fourth-order valence-corrected chi connectivity index (χ4v) is 4.82. The zero-order chi connectivity index (χ0) is 25.1. The molecule has 0 radical (unpaired) electrons. The zero-order valence-corrected chi connectivity index (χ0v) is 20.3. The van der Waals surface area contributed by atoms with Crippen LogP contribution in [-0.4, -0.2) is 78.7 Å². The molecular formula is C26H31F2N5O3. The largest absolute Gasteiger partial charge is 0.394 e.